The molecule has 18 heavy (non-hydrogen) atoms. The Hall–Kier alpha value is -1.84. The van der Waals surface area contributed by atoms with Gasteiger partial charge >= 0.3 is 0 Å². The maximum absolute atomic E-state index is 12.5. The lowest BCUT2D eigenvalue weighted by Crippen LogP contribution is -2.29. The Morgan fingerprint density at radius 2 is 2.00 bits per heavy atom. The van der Waals surface area contributed by atoms with Gasteiger partial charge in [0.1, 0.15) is 11.3 Å². The second-order valence-electron chi connectivity index (χ2n) is 4.93. The van der Waals surface area contributed by atoms with Crippen LogP contribution < -0.4 is 0 Å². The van der Waals surface area contributed by atoms with Crippen LogP contribution in [0.1, 0.15) is 34.6 Å². The number of hydrogen-bond acceptors (Lipinski definition) is 2. The molecule has 0 atom stereocenters. The maximum Gasteiger partial charge on any atom is 0.272 e. The quantitative estimate of drug-likeness (QED) is 0.770. The second kappa shape index (κ2) is 4.12. The summed E-state index contributed by atoms with van der Waals surface area (Å²) in [6.07, 6.45) is 4.15. The average Bonchev–Trinajstić information content (AvgIpc) is 2.96. The summed E-state index contributed by atoms with van der Waals surface area (Å²) in [5, 5.41) is 0. The van der Waals surface area contributed by atoms with Crippen LogP contribution in [0.5, 0.6) is 0 Å². The first kappa shape index (κ1) is 11.3. The average molecular weight is 243 g/mol. The summed E-state index contributed by atoms with van der Waals surface area (Å²) >= 11 is 0. The summed E-state index contributed by atoms with van der Waals surface area (Å²) in [4.78, 5) is 19.0. The van der Waals surface area contributed by atoms with E-state index in [9.17, 15) is 4.79 Å². The molecule has 0 spiro atoms. The van der Waals surface area contributed by atoms with Gasteiger partial charge in [0.15, 0.2) is 0 Å². The Morgan fingerprint density at radius 3 is 2.72 bits per heavy atom. The van der Waals surface area contributed by atoms with E-state index < -0.39 is 0 Å². The molecule has 2 aromatic heterocycles. The van der Waals surface area contributed by atoms with E-state index >= 15 is 0 Å². The zero-order valence-corrected chi connectivity index (χ0v) is 10.8. The zero-order chi connectivity index (χ0) is 12.7. The minimum Gasteiger partial charge on any atom is -0.337 e. The van der Waals surface area contributed by atoms with Crippen LogP contribution in [-0.2, 0) is 0 Å². The number of amides is 1. The topological polar surface area (TPSA) is 37.6 Å². The van der Waals surface area contributed by atoms with Crippen LogP contribution in [-0.4, -0.2) is 33.3 Å². The van der Waals surface area contributed by atoms with Gasteiger partial charge in [-0.3, -0.25) is 9.20 Å². The van der Waals surface area contributed by atoms with E-state index in [0.717, 1.165) is 48.5 Å². The van der Waals surface area contributed by atoms with Gasteiger partial charge in [-0.2, -0.15) is 0 Å². The predicted octanol–water partition coefficient (Wildman–Crippen LogP) is 2.19. The number of fused-ring (bicyclic) bond motifs is 1. The van der Waals surface area contributed by atoms with Crippen molar-refractivity contribution in [3.05, 3.63) is 35.3 Å². The normalized spacial score (nSPS) is 15.6. The zero-order valence-electron chi connectivity index (χ0n) is 10.8. The molecular formula is C14H17N3O. The fourth-order valence-electron chi connectivity index (χ4n) is 2.64. The molecule has 1 saturated heterocycles. The smallest absolute Gasteiger partial charge is 0.272 e. The van der Waals surface area contributed by atoms with Crippen LogP contribution >= 0.6 is 0 Å². The molecule has 2 aromatic rings. The van der Waals surface area contributed by atoms with Crippen molar-refractivity contribution in [2.24, 2.45) is 0 Å². The summed E-state index contributed by atoms with van der Waals surface area (Å²) in [5.41, 5.74) is 3.52. The predicted molar refractivity (Wildman–Crippen MR) is 69.8 cm³/mol. The van der Waals surface area contributed by atoms with Crippen molar-refractivity contribution in [1.82, 2.24) is 14.3 Å². The van der Waals surface area contributed by atoms with Gasteiger partial charge in [-0.25, -0.2) is 4.98 Å². The van der Waals surface area contributed by atoms with Gasteiger partial charge in [0, 0.05) is 19.3 Å². The van der Waals surface area contributed by atoms with Gasteiger partial charge < -0.3 is 4.90 Å². The van der Waals surface area contributed by atoms with Crippen LogP contribution in [0.3, 0.4) is 0 Å². The number of aromatic nitrogens is 2. The Morgan fingerprint density at radius 1 is 1.28 bits per heavy atom. The lowest BCUT2D eigenvalue weighted by Gasteiger charge is -2.15. The molecule has 0 radical (unpaired) electrons. The summed E-state index contributed by atoms with van der Waals surface area (Å²) in [6, 6.07) is 3.98. The van der Waals surface area contributed by atoms with Crippen LogP contribution in [0, 0.1) is 13.8 Å². The Labute approximate surface area is 106 Å². The molecule has 1 fully saturated rings. The number of likely N-dealkylation sites (tertiary alicyclic amines) is 1. The first-order valence-corrected chi connectivity index (χ1v) is 6.42. The number of carbonyl (C=O) groups excluding carboxylic acids is 1. The largest absolute Gasteiger partial charge is 0.337 e. The Kier molecular flexibility index (Phi) is 2.58. The third-order valence-electron chi connectivity index (χ3n) is 3.62. The van der Waals surface area contributed by atoms with Crippen molar-refractivity contribution in [2.75, 3.05) is 13.1 Å². The molecule has 3 heterocycles. The number of nitrogens with zero attached hydrogens (tertiary/aromatic N) is 3. The number of pyridine rings is 1. The van der Waals surface area contributed by atoms with Gasteiger partial charge in [0.05, 0.1) is 5.69 Å². The van der Waals surface area contributed by atoms with Crippen LogP contribution in [0.25, 0.3) is 5.65 Å². The van der Waals surface area contributed by atoms with Crippen molar-refractivity contribution >= 4 is 11.6 Å². The molecule has 3 rings (SSSR count). The van der Waals surface area contributed by atoms with E-state index in [4.69, 9.17) is 0 Å². The highest BCUT2D eigenvalue weighted by Crippen LogP contribution is 2.19. The van der Waals surface area contributed by atoms with E-state index in [-0.39, 0.29) is 5.91 Å². The molecule has 0 aliphatic carbocycles. The van der Waals surface area contributed by atoms with Crippen molar-refractivity contribution in [1.29, 1.82) is 0 Å². The Balaban J connectivity index is 2.13. The van der Waals surface area contributed by atoms with E-state index in [2.05, 4.69) is 4.98 Å². The molecule has 0 unspecified atom stereocenters. The van der Waals surface area contributed by atoms with Crippen molar-refractivity contribution in [3.8, 4) is 0 Å². The number of hydrogen-bond donors (Lipinski definition) is 0. The molecule has 0 aromatic carbocycles. The van der Waals surface area contributed by atoms with Gasteiger partial charge in [0.2, 0.25) is 0 Å². The standard InChI is InChI=1S/C14H17N3O/c1-10-6-5-9-17-12(11(2)15-13(10)17)14(18)16-7-3-4-8-16/h5-6,9H,3-4,7-8H2,1-2H3. The summed E-state index contributed by atoms with van der Waals surface area (Å²) in [7, 11) is 0. The summed E-state index contributed by atoms with van der Waals surface area (Å²) in [5.74, 6) is 0.114. The summed E-state index contributed by atoms with van der Waals surface area (Å²) < 4.78 is 1.92. The minimum absolute atomic E-state index is 0.114. The monoisotopic (exact) mass is 243 g/mol. The van der Waals surface area contributed by atoms with Crippen molar-refractivity contribution < 1.29 is 4.79 Å². The molecule has 4 nitrogen and oxygen atoms in total. The molecular weight excluding hydrogens is 226 g/mol. The van der Waals surface area contributed by atoms with E-state index in [0.29, 0.717) is 0 Å². The molecule has 0 saturated carbocycles. The maximum atomic E-state index is 12.5. The van der Waals surface area contributed by atoms with Gasteiger partial charge in [-0.05, 0) is 38.3 Å². The van der Waals surface area contributed by atoms with Crippen molar-refractivity contribution in [3.63, 3.8) is 0 Å². The third kappa shape index (κ3) is 1.60. The molecule has 1 aliphatic rings. The minimum atomic E-state index is 0.114. The summed E-state index contributed by atoms with van der Waals surface area (Å²) in [6.45, 7) is 5.68. The first-order valence-electron chi connectivity index (χ1n) is 6.42. The van der Waals surface area contributed by atoms with Gasteiger partial charge in [0.25, 0.3) is 5.91 Å². The highest BCUT2D eigenvalue weighted by molar-refractivity contribution is 5.95. The second-order valence-corrected chi connectivity index (χ2v) is 4.93. The van der Waals surface area contributed by atoms with Crippen LogP contribution in [0.4, 0.5) is 0 Å². The highest BCUT2D eigenvalue weighted by Gasteiger charge is 2.24. The number of aryl methyl sites for hydroxylation is 2. The van der Waals surface area contributed by atoms with E-state index in [1.165, 1.54) is 0 Å². The molecule has 1 aliphatic heterocycles. The number of rotatable bonds is 1. The van der Waals surface area contributed by atoms with E-state index in [1.54, 1.807) is 0 Å². The molecule has 0 bridgehead atoms. The van der Waals surface area contributed by atoms with E-state index in [1.807, 2.05) is 41.5 Å². The fourth-order valence-corrected chi connectivity index (χ4v) is 2.64. The van der Waals surface area contributed by atoms with Gasteiger partial charge in [-0.15, -0.1) is 0 Å². The molecule has 94 valence electrons. The van der Waals surface area contributed by atoms with Crippen molar-refractivity contribution in [2.45, 2.75) is 26.7 Å². The fraction of sp³-hybridized carbons (Fsp3) is 0.429. The third-order valence-corrected chi connectivity index (χ3v) is 3.62. The number of imidazole rings is 1. The Bertz CT molecular complexity index is 609. The van der Waals surface area contributed by atoms with Crippen LogP contribution in [0.15, 0.2) is 18.3 Å². The molecule has 4 heteroatoms. The van der Waals surface area contributed by atoms with Gasteiger partial charge in [-0.1, -0.05) is 6.07 Å². The SMILES string of the molecule is Cc1nc2c(C)cccn2c1C(=O)N1CCCC1. The molecule has 0 N–H and O–H groups in total. The lowest BCUT2D eigenvalue weighted by atomic mass is 10.3. The lowest BCUT2D eigenvalue weighted by molar-refractivity contribution is 0.0785. The molecule has 1 amide bonds. The van der Waals surface area contributed by atoms with Crippen LogP contribution in [0.2, 0.25) is 0 Å². The first-order chi connectivity index (χ1) is 8.68. The highest BCUT2D eigenvalue weighted by atomic mass is 16.2. The number of carbonyl (C=O) groups is 1.